The van der Waals surface area contributed by atoms with Crippen LogP contribution in [-0.4, -0.2) is 27.3 Å². The summed E-state index contributed by atoms with van der Waals surface area (Å²) in [6.07, 6.45) is 5.29. The van der Waals surface area contributed by atoms with E-state index in [-0.39, 0.29) is 9.68 Å². The molecule has 1 rings (SSSR count). The second-order valence-corrected chi connectivity index (χ2v) is 5.54. The molecule has 1 heterocycles. The molecule has 1 fully saturated rings. The van der Waals surface area contributed by atoms with Crippen molar-refractivity contribution in [3.8, 4) is 0 Å². The molecular weight excluding hydrogens is 150 g/mol. The van der Waals surface area contributed by atoms with E-state index >= 15 is 0 Å². The maximum absolute atomic E-state index is 2.69. The van der Waals surface area contributed by atoms with E-state index in [4.69, 9.17) is 0 Å². The molecule has 11 heavy (non-hydrogen) atoms. The minimum Gasteiger partial charge on any atom is -0.329 e. The average molecular weight is 169 g/mol. The largest absolute Gasteiger partial charge is 0.329 e. The highest BCUT2D eigenvalue weighted by Crippen LogP contribution is 2.06. The van der Waals surface area contributed by atoms with Crippen LogP contribution in [0.1, 0.15) is 26.7 Å². The first-order valence-corrected chi connectivity index (χ1v) is 6.28. The van der Waals surface area contributed by atoms with Gasteiger partial charge in [-0.2, -0.15) is 0 Å². The minimum absolute atomic E-state index is 0.102. The molecule has 0 amide bonds. The third-order valence-corrected chi connectivity index (χ3v) is 4.01. The molecule has 1 nitrogen and oxygen atoms in total. The van der Waals surface area contributed by atoms with E-state index in [1.54, 1.807) is 0 Å². The van der Waals surface area contributed by atoms with Crippen molar-refractivity contribution in [2.45, 2.75) is 32.7 Å². The Hall–Kier alpha value is -0.0831. The van der Waals surface area contributed by atoms with Gasteiger partial charge in [0.05, 0.1) is 9.68 Å². The number of hydrogen-bond acceptors (Lipinski definition) is 1. The Bertz CT molecular complexity index is 132. The lowest BCUT2D eigenvalue weighted by atomic mass is 10.3. The van der Waals surface area contributed by atoms with Crippen LogP contribution in [0.5, 0.6) is 0 Å². The Labute approximate surface area is 72.4 Å². The zero-order valence-electron chi connectivity index (χ0n) is 7.77. The standard InChI is InChI=1S/C9H19NSi/c1-9(2)5-8-11-10-6-3-4-7-10/h5H,3-4,6-8,11H2,1-2H3. The Morgan fingerprint density at radius 3 is 2.55 bits per heavy atom. The second kappa shape index (κ2) is 4.73. The third kappa shape index (κ3) is 3.73. The molecule has 1 aliphatic rings. The van der Waals surface area contributed by atoms with E-state index in [1.165, 1.54) is 37.5 Å². The Kier molecular flexibility index (Phi) is 3.87. The second-order valence-electron chi connectivity index (χ2n) is 3.62. The van der Waals surface area contributed by atoms with Crippen LogP contribution < -0.4 is 0 Å². The van der Waals surface area contributed by atoms with E-state index in [2.05, 4.69) is 24.5 Å². The molecule has 0 N–H and O–H groups in total. The molecule has 0 aromatic rings. The SMILES string of the molecule is CC(C)=CC[SiH2]N1CCCC1. The van der Waals surface area contributed by atoms with Crippen molar-refractivity contribution in [3.05, 3.63) is 11.6 Å². The lowest BCUT2D eigenvalue weighted by Gasteiger charge is -2.11. The van der Waals surface area contributed by atoms with Crippen molar-refractivity contribution in [3.63, 3.8) is 0 Å². The summed E-state index contributed by atoms with van der Waals surface area (Å²) in [6.45, 7) is 7.17. The van der Waals surface area contributed by atoms with Crippen LogP contribution in [0.2, 0.25) is 6.04 Å². The van der Waals surface area contributed by atoms with Gasteiger partial charge in [0.1, 0.15) is 0 Å². The molecule has 0 aromatic heterocycles. The predicted molar refractivity (Wildman–Crippen MR) is 53.6 cm³/mol. The zero-order chi connectivity index (χ0) is 8.10. The van der Waals surface area contributed by atoms with E-state index < -0.39 is 0 Å². The number of nitrogens with zero attached hydrogens (tertiary/aromatic N) is 1. The van der Waals surface area contributed by atoms with Gasteiger partial charge < -0.3 is 4.57 Å². The summed E-state index contributed by atoms with van der Waals surface area (Å²) < 4.78 is 2.69. The Morgan fingerprint density at radius 2 is 2.00 bits per heavy atom. The van der Waals surface area contributed by atoms with E-state index in [0.717, 1.165) is 0 Å². The number of rotatable bonds is 3. The van der Waals surface area contributed by atoms with E-state index in [1.807, 2.05) is 0 Å². The highest BCUT2D eigenvalue weighted by atomic mass is 28.2. The lowest BCUT2D eigenvalue weighted by Crippen LogP contribution is -2.23. The molecule has 0 aliphatic carbocycles. The van der Waals surface area contributed by atoms with Gasteiger partial charge in [-0.15, -0.1) is 0 Å². The first-order valence-electron chi connectivity index (χ1n) is 4.65. The molecule has 0 spiro atoms. The average Bonchev–Trinajstić information content (AvgIpc) is 2.39. The third-order valence-electron chi connectivity index (χ3n) is 2.20. The fourth-order valence-corrected chi connectivity index (χ4v) is 3.51. The molecule has 64 valence electrons. The van der Waals surface area contributed by atoms with E-state index in [0.29, 0.717) is 0 Å². The quantitative estimate of drug-likeness (QED) is 0.458. The van der Waals surface area contributed by atoms with Crippen LogP contribution in [-0.2, 0) is 0 Å². The summed E-state index contributed by atoms with van der Waals surface area (Å²) in [5, 5.41) is 0. The van der Waals surface area contributed by atoms with Gasteiger partial charge in [-0.25, -0.2) is 0 Å². The molecule has 0 atom stereocenters. The normalized spacial score (nSPS) is 19.8. The van der Waals surface area contributed by atoms with Crippen LogP contribution in [0, 0.1) is 0 Å². The van der Waals surface area contributed by atoms with Gasteiger partial charge in [-0.05, 0) is 45.8 Å². The van der Waals surface area contributed by atoms with Crippen LogP contribution in [0.15, 0.2) is 11.6 Å². The van der Waals surface area contributed by atoms with Gasteiger partial charge in [-0.1, -0.05) is 11.6 Å². The highest BCUT2D eigenvalue weighted by molar-refractivity contribution is 6.32. The van der Waals surface area contributed by atoms with Gasteiger partial charge in [0.15, 0.2) is 0 Å². The Balaban J connectivity index is 2.07. The van der Waals surface area contributed by atoms with Gasteiger partial charge in [0, 0.05) is 0 Å². The first kappa shape index (κ1) is 9.01. The summed E-state index contributed by atoms with van der Waals surface area (Å²) in [5.41, 5.74) is 1.48. The topological polar surface area (TPSA) is 3.24 Å². The van der Waals surface area contributed by atoms with Crippen LogP contribution in [0.4, 0.5) is 0 Å². The van der Waals surface area contributed by atoms with Crippen molar-refractivity contribution in [2.24, 2.45) is 0 Å². The maximum Gasteiger partial charge on any atom is 0.0987 e. The molecule has 0 saturated carbocycles. The number of hydrogen-bond donors (Lipinski definition) is 0. The van der Waals surface area contributed by atoms with Crippen molar-refractivity contribution in [1.29, 1.82) is 0 Å². The van der Waals surface area contributed by atoms with Crippen molar-refractivity contribution in [1.82, 2.24) is 4.57 Å². The molecule has 0 bridgehead atoms. The molecular formula is C9H19NSi. The minimum atomic E-state index is 0.102. The summed E-state index contributed by atoms with van der Waals surface area (Å²) in [6, 6.07) is 1.38. The fraction of sp³-hybridized carbons (Fsp3) is 0.778. The molecule has 0 radical (unpaired) electrons. The predicted octanol–water partition coefficient (Wildman–Crippen LogP) is 1.55. The monoisotopic (exact) mass is 169 g/mol. The Morgan fingerprint density at radius 1 is 1.36 bits per heavy atom. The molecule has 0 unspecified atom stereocenters. The number of allylic oxidation sites excluding steroid dienone is 2. The molecule has 0 aromatic carbocycles. The first-order chi connectivity index (χ1) is 5.29. The smallest absolute Gasteiger partial charge is 0.0987 e. The highest BCUT2D eigenvalue weighted by Gasteiger charge is 2.09. The van der Waals surface area contributed by atoms with Gasteiger partial charge >= 0.3 is 0 Å². The maximum atomic E-state index is 2.69. The summed E-state index contributed by atoms with van der Waals surface area (Å²) in [4.78, 5) is 0. The van der Waals surface area contributed by atoms with Gasteiger partial charge in [-0.3, -0.25) is 0 Å². The van der Waals surface area contributed by atoms with Crippen molar-refractivity contribution in [2.75, 3.05) is 13.1 Å². The fourth-order valence-electron chi connectivity index (χ4n) is 1.54. The zero-order valence-corrected chi connectivity index (χ0v) is 9.18. The van der Waals surface area contributed by atoms with Gasteiger partial charge in [0.25, 0.3) is 0 Å². The molecule has 2 heteroatoms. The summed E-state index contributed by atoms with van der Waals surface area (Å²) in [7, 11) is 0.102. The van der Waals surface area contributed by atoms with Crippen molar-refractivity contribution < 1.29 is 0 Å². The van der Waals surface area contributed by atoms with Crippen LogP contribution >= 0.6 is 0 Å². The van der Waals surface area contributed by atoms with Crippen LogP contribution in [0.25, 0.3) is 0 Å². The van der Waals surface area contributed by atoms with Gasteiger partial charge in [0.2, 0.25) is 0 Å². The molecule has 1 aliphatic heterocycles. The van der Waals surface area contributed by atoms with E-state index in [9.17, 15) is 0 Å². The van der Waals surface area contributed by atoms with Crippen LogP contribution in [0.3, 0.4) is 0 Å². The lowest BCUT2D eigenvalue weighted by molar-refractivity contribution is 0.551. The molecule has 1 saturated heterocycles. The summed E-state index contributed by atoms with van der Waals surface area (Å²) >= 11 is 0. The summed E-state index contributed by atoms with van der Waals surface area (Å²) in [5.74, 6) is 0. The van der Waals surface area contributed by atoms with Crippen molar-refractivity contribution >= 4 is 9.68 Å².